The second-order valence-corrected chi connectivity index (χ2v) is 5.23. The molecule has 2 nitrogen and oxygen atoms in total. The lowest BCUT2D eigenvalue weighted by atomic mass is 9.81. The fourth-order valence-corrected chi connectivity index (χ4v) is 2.54. The van der Waals surface area contributed by atoms with Crippen LogP contribution in [0.3, 0.4) is 0 Å². The van der Waals surface area contributed by atoms with Crippen LogP contribution in [0.25, 0.3) is 6.08 Å². The molecule has 1 aliphatic rings. The predicted molar refractivity (Wildman–Crippen MR) is 69.9 cm³/mol. The van der Waals surface area contributed by atoms with Crippen LogP contribution in [0.1, 0.15) is 55.0 Å². The highest BCUT2D eigenvalue weighted by molar-refractivity contribution is 5.67. The molecule has 0 spiro atoms. The van der Waals surface area contributed by atoms with E-state index in [1.54, 1.807) is 0 Å². The van der Waals surface area contributed by atoms with Crippen LogP contribution >= 0.6 is 0 Å². The molecule has 1 aromatic carbocycles. The molecule has 2 N–H and O–H groups in total. The monoisotopic (exact) mass is 232 g/mol. The van der Waals surface area contributed by atoms with Crippen LogP contribution < -0.4 is 0 Å². The quantitative estimate of drug-likeness (QED) is 0.781. The lowest BCUT2D eigenvalue weighted by Gasteiger charge is -2.29. The van der Waals surface area contributed by atoms with Crippen molar-refractivity contribution in [3.05, 3.63) is 40.0 Å². The first-order valence-corrected chi connectivity index (χ1v) is 6.11. The molecule has 0 saturated carbocycles. The van der Waals surface area contributed by atoms with Crippen molar-refractivity contribution in [3.63, 3.8) is 0 Å². The Morgan fingerprint density at radius 3 is 2.29 bits per heavy atom. The van der Waals surface area contributed by atoms with E-state index in [1.807, 2.05) is 26.0 Å². The van der Waals surface area contributed by atoms with Gasteiger partial charge in [-0.3, -0.25) is 0 Å². The molecule has 92 valence electrons. The van der Waals surface area contributed by atoms with Crippen LogP contribution in [0.2, 0.25) is 0 Å². The van der Waals surface area contributed by atoms with Crippen LogP contribution in [0.4, 0.5) is 0 Å². The van der Waals surface area contributed by atoms with Crippen molar-refractivity contribution in [1.29, 1.82) is 0 Å². The Bertz CT molecular complexity index is 472. The number of aliphatic hydroxyl groups excluding tert-OH is 2. The van der Waals surface area contributed by atoms with Crippen LogP contribution in [0, 0.1) is 6.92 Å². The van der Waals surface area contributed by atoms with Gasteiger partial charge in [-0.15, -0.1) is 0 Å². The van der Waals surface area contributed by atoms with Gasteiger partial charge in [0, 0.05) is 0 Å². The van der Waals surface area contributed by atoms with Gasteiger partial charge in [0.25, 0.3) is 0 Å². The summed E-state index contributed by atoms with van der Waals surface area (Å²) in [7, 11) is 0. The van der Waals surface area contributed by atoms with E-state index < -0.39 is 12.2 Å². The molecular formula is C15H20O2. The van der Waals surface area contributed by atoms with Gasteiger partial charge in [0.1, 0.15) is 12.2 Å². The number of aliphatic hydroxyl groups is 2. The summed E-state index contributed by atoms with van der Waals surface area (Å²) in [6, 6.07) is 4.14. The standard InChI is InChI=1S/C15H20O2/c1-8(2)11-6-5-9(3)13-12(11)7-10(4)14(16)15(13)17/h5-8,14-17H,1-4H3/t14-,15-/m0/s1. The Morgan fingerprint density at radius 2 is 1.71 bits per heavy atom. The van der Waals surface area contributed by atoms with Gasteiger partial charge in [-0.2, -0.15) is 0 Å². The molecule has 0 heterocycles. The Morgan fingerprint density at radius 1 is 1.06 bits per heavy atom. The molecule has 0 aliphatic heterocycles. The smallest absolute Gasteiger partial charge is 0.110 e. The van der Waals surface area contributed by atoms with Gasteiger partial charge < -0.3 is 10.2 Å². The van der Waals surface area contributed by atoms with Crippen LogP contribution in [-0.4, -0.2) is 16.3 Å². The Balaban J connectivity index is 2.71. The van der Waals surface area contributed by atoms with Gasteiger partial charge in [0.05, 0.1) is 0 Å². The minimum Gasteiger partial charge on any atom is -0.386 e. The first kappa shape index (κ1) is 12.3. The molecule has 0 amide bonds. The summed E-state index contributed by atoms with van der Waals surface area (Å²) in [5, 5.41) is 20.1. The summed E-state index contributed by atoms with van der Waals surface area (Å²) in [4.78, 5) is 0. The summed E-state index contributed by atoms with van der Waals surface area (Å²) in [6.07, 6.45) is 0.437. The molecule has 0 fully saturated rings. The molecular weight excluding hydrogens is 212 g/mol. The zero-order chi connectivity index (χ0) is 12.7. The number of fused-ring (bicyclic) bond motifs is 1. The summed E-state index contributed by atoms with van der Waals surface area (Å²) in [5.41, 5.74) is 5.08. The first-order valence-electron chi connectivity index (χ1n) is 6.11. The van der Waals surface area contributed by atoms with Gasteiger partial charge in [0.2, 0.25) is 0 Å². The molecule has 17 heavy (non-hydrogen) atoms. The molecule has 0 bridgehead atoms. The minimum atomic E-state index is -0.798. The Hall–Kier alpha value is -1.12. The highest BCUT2D eigenvalue weighted by Crippen LogP contribution is 2.38. The number of hydrogen-bond donors (Lipinski definition) is 2. The second-order valence-electron chi connectivity index (χ2n) is 5.23. The van der Waals surface area contributed by atoms with Crippen molar-refractivity contribution in [3.8, 4) is 0 Å². The maximum atomic E-state index is 10.2. The zero-order valence-electron chi connectivity index (χ0n) is 10.9. The molecule has 0 radical (unpaired) electrons. The molecule has 1 aromatic rings. The number of aryl methyl sites for hydroxylation is 1. The van der Waals surface area contributed by atoms with E-state index in [4.69, 9.17) is 0 Å². The predicted octanol–water partition coefficient (Wildman–Crippen LogP) is 2.93. The number of hydrogen-bond acceptors (Lipinski definition) is 2. The van der Waals surface area contributed by atoms with E-state index in [0.717, 1.165) is 22.3 Å². The summed E-state index contributed by atoms with van der Waals surface area (Å²) in [6.45, 7) is 8.13. The van der Waals surface area contributed by atoms with E-state index in [-0.39, 0.29) is 0 Å². The SMILES string of the molecule is CC1=Cc2c(C(C)C)ccc(C)c2[C@H](O)[C@H]1O. The van der Waals surface area contributed by atoms with Crippen molar-refractivity contribution in [2.24, 2.45) is 0 Å². The van der Waals surface area contributed by atoms with Gasteiger partial charge in [-0.25, -0.2) is 0 Å². The summed E-state index contributed by atoms with van der Waals surface area (Å²) >= 11 is 0. The van der Waals surface area contributed by atoms with Crippen LogP contribution in [0.15, 0.2) is 17.7 Å². The van der Waals surface area contributed by atoms with E-state index >= 15 is 0 Å². The van der Waals surface area contributed by atoms with Crippen molar-refractivity contribution >= 4 is 6.08 Å². The largest absolute Gasteiger partial charge is 0.386 e. The zero-order valence-corrected chi connectivity index (χ0v) is 10.9. The average molecular weight is 232 g/mol. The van der Waals surface area contributed by atoms with Crippen molar-refractivity contribution in [2.75, 3.05) is 0 Å². The van der Waals surface area contributed by atoms with E-state index in [1.165, 1.54) is 5.56 Å². The highest BCUT2D eigenvalue weighted by Gasteiger charge is 2.29. The second kappa shape index (κ2) is 4.28. The average Bonchev–Trinajstić information content (AvgIpc) is 2.25. The molecule has 0 aromatic heterocycles. The molecule has 0 unspecified atom stereocenters. The first-order chi connectivity index (χ1) is 7.93. The molecule has 2 atom stereocenters. The van der Waals surface area contributed by atoms with Crippen LogP contribution in [-0.2, 0) is 0 Å². The van der Waals surface area contributed by atoms with Crippen LogP contribution in [0.5, 0.6) is 0 Å². The fraction of sp³-hybridized carbons (Fsp3) is 0.467. The lowest BCUT2D eigenvalue weighted by Crippen LogP contribution is -2.25. The third-order valence-corrected chi connectivity index (χ3v) is 3.59. The van der Waals surface area contributed by atoms with Gasteiger partial charge in [-0.1, -0.05) is 32.1 Å². The lowest BCUT2D eigenvalue weighted by molar-refractivity contribution is 0.0394. The van der Waals surface area contributed by atoms with Crippen molar-refractivity contribution in [1.82, 2.24) is 0 Å². The van der Waals surface area contributed by atoms with E-state index in [2.05, 4.69) is 19.9 Å². The number of benzene rings is 1. The topological polar surface area (TPSA) is 40.5 Å². The molecule has 1 aliphatic carbocycles. The van der Waals surface area contributed by atoms with Gasteiger partial charge in [-0.05, 0) is 47.6 Å². The third-order valence-electron chi connectivity index (χ3n) is 3.59. The Labute approximate surface area is 103 Å². The molecule has 0 saturated heterocycles. The fourth-order valence-electron chi connectivity index (χ4n) is 2.54. The minimum absolute atomic E-state index is 0.413. The maximum absolute atomic E-state index is 10.2. The van der Waals surface area contributed by atoms with Crippen molar-refractivity contribution in [2.45, 2.75) is 45.8 Å². The highest BCUT2D eigenvalue weighted by atomic mass is 16.3. The molecule has 2 rings (SSSR count). The van der Waals surface area contributed by atoms with Gasteiger partial charge >= 0.3 is 0 Å². The van der Waals surface area contributed by atoms with Crippen molar-refractivity contribution < 1.29 is 10.2 Å². The Kier molecular flexibility index (Phi) is 3.11. The molecule has 2 heteroatoms. The normalized spacial score (nSPS) is 23.6. The summed E-state index contributed by atoms with van der Waals surface area (Å²) < 4.78 is 0. The van der Waals surface area contributed by atoms with Gasteiger partial charge in [0.15, 0.2) is 0 Å². The summed E-state index contributed by atoms with van der Waals surface area (Å²) in [5.74, 6) is 0.413. The number of rotatable bonds is 1. The maximum Gasteiger partial charge on any atom is 0.110 e. The third kappa shape index (κ3) is 1.92. The van der Waals surface area contributed by atoms with E-state index in [9.17, 15) is 10.2 Å². The van der Waals surface area contributed by atoms with E-state index in [0.29, 0.717) is 5.92 Å².